The highest BCUT2D eigenvalue weighted by molar-refractivity contribution is 6.34. The van der Waals surface area contributed by atoms with Gasteiger partial charge < -0.3 is 9.88 Å². The molecule has 1 N–H and O–H groups in total. The first-order valence-corrected chi connectivity index (χ1v) is 11.6. The number of carbonyl (C=O) groups excluding carboxylic acids is 2. The minimum atomic E-state index is -5.06. The third-order valence-corrected chi connectivity index (χ3v) is 6.06. The highest BCUT2D eigenvalue weighted by Gasteiger charge is 2.43. The fourth-order valence-corrected chi connectivity index (χ4v) is 4.22. The zero-order chi connectivity index (χ0) is 26.8. The Kier molecular flexibility index (Phi) is 8.07. The SMILES string of the molecule is CCCCC(=O)c1cc2cc(C(=O)NC(c3cccc(C(F)(F)F)c3)C(F)(F)F)n(CC)c2cc1Cl. The summed E-state index contributed by atoms with van der Waals surface area (Å²) in [6, 6.07) is 4.36. The van der Waals surface area contributed by atoms with Gasteiger partial charge in [-0.2, -0.15) is 26.3 Å². The van der Waals surface area contributed by atoms with Gasteiger partial charge in [0.25, 0.3) is 5.91 Å². The molecule has 2 aromatic carbocycles. The molecule has 0 bridgehead atoms. The quantitative estimate of drug-likeness (QED) is 0.238. The number of halogens is 7. The van der Waals surface area contributed by atoms with Crippen LogP contribution in [0.4, 0.5) is 26.3 Å². The summed E-state index contributed by atoms with van der Waals surface area (Å²) in [6.07, 6.45) is -8.19. The van der Waals surface area contributed by atoms with Crippen molar-refractivity contribution >= 4 is 34.2 Å². The number of hydrogen-bond acceptors (Lipinski definition) is 2. The van der Waals surface area contributed by atoms with E-state index >= 15 is 0 Å². The number of nitrogens with zero attached hydrogens (tertiary/aromatic N) is 1. The molecule has 0 saturated carbocycles. The van der Waals surface area contributed by atoms with E-state index in [2.05, 4.69) is 0 Å². The fourth-order valence-electron chi connectivity index (χ4n) is 3.95. The van der Waals surface area contributed by atoms with E-state index in [1.54, 1.807) is 6.92 Å². The Bertz CT molecular complexity index is 1280. The van der Waals surface area contributed by atoms with Crippen LogP contribution in [0.2, 0.25) is 5.02 Å². The predicted molar refractivity (Wildman–Crippen MR) is 124 cm³/mol. The van der Waals surface area contributed by atoms with Crippen LogP contribution < -0.4 is 5.32 Å². The van der Waals surface area contributed by atoms with Crippen molar-refractivity contribution < 1.29 is 35.9 Å². The lowest BCUT2D eigenvalue weighted by Gasteiger charge is -2.23. The number of aryl methyl sites for hydroxylation is 1. The number of ketones is 1. The van der Waals surface area contributed by atoms with Crippen molar-refractivity contribution in [1.82, 2.24) is 9.88 Å². The molecule has 1 amide bonds. The summed E-state index contributed by atoms with van der Waals surface area (Å²) in [4.78, 5) is 25.5. The van der Waals surface area contributed by atoms with E-state index in [4.69, 9.17) is 11.6 Å². The van der Waals surface area contributed by atoms with Gasteiger partial charge in [-0.25, -0.2) is 0 Å². The van der Waals surface area contributed by atoms with Crippen molar-refractivity contribution in [3.05, 3.63) is 69.9 Å². The molecule has 1 heterocycles. The molecule has 1 unspecified atom stereocenters. The van der Waals surface area contributed by atoms with Crippen LogP contribution in [-0.2, 0) is 12.7 Å². The van der Waals surface area contributed by atoms with Crippen LogP contribution in [0.15, 0.2) is 42.5 Å². The molecule has 0 spiro atoms. The van der Waals surface area contributed by atoms with E-state index in [1.807, 2.05) is 12.2 Å². The fraction of sp³-hybridized carbons (Fsp3) is 0.360. The van der Waals surface area contributed by atoms with Crippen molar-refractivity contribution in [1.29, 1.82) is 0 Å². The van der Waals surface area contributed by atoms with E-state index in [1.165, 1.54) is 22.8 Å². The number of amides is 1. The average molecular weight is 533 g/mol. The molecule has 3 aromatic rings. The molecule has 1 aromatic heterocycles. The van der Waals surface area contributed by atoms with Crippen molar-refractivity contribution in [2.45, 2.75) is 58.0 Å². The summed E-state index contributed by atoms with van der Waals surface area (Å²) >= 11 is 6.30. The van der Waals surface area contributed by atoms with Crippen molar-refractivity contribution in [3.8, 4) is 0 Å². The first-order valence-electron chi connectivity index (χ1n) is 11.2. The zero-order valence-corrected chi connectivity index (χ0v) is 20.1. The summed E-state index contributed by atoms with van der Waals surface area (Å²) in [7, 11) is 0. The van der Waals surface area contributed by atoms with Crippen LogP contribution >= 0.6 is 11.6 Å². The molecular formula is C25H23ClF6N2O2. The summed E-state index contributed by atoms with van der Waals surface area (Å²) in [6.45, 7) is 3.78. The number of hydrogen-bond donors (Lipinski definition) is 1. The number of unbranched alkanes of at least 4 members (excludes halogenated alkanes) is 1. The summed E-state index contributed by atoms with van der Waals surface area (Å²) in [5.74, 6) is -1.33. The number of nitrogens with one attached hydrogen (secondary N) is 1. The highest BCUT2D eigenvalue weighted by atomic mass is 35.5. The summed E-state index contributed by atoms with van der Waals surface area (Å²) in [5.41, 5.74) is -1.49. The molecule has 3 rings (SSSR count). The number of aromatic nitrogens is 1. The standard InChI is InChI=1S/C25H23ClF6N2O2/c1-3-5-9-21(35)17-11-15-12-20(34(4-2)19(15)13-18(17)26)23(36)33-22(25(30,31)32)14-7-6-8-16(10-14)24(27,28)29/h6-8,10-13,22H,3-5,9H2,1-2H3,(H,33,36). The van der Waals surface area contributed by atoms with Crippen LogP contribution in [-0.4, -0.2) is 22.4 Å². The normalized spacial score (nSPS) is 13.1. The van der Waals surface area contributed by atoms with E-state index in [0.29, 0.717) is 29.5 Å². The Morgan fingerprint density at radius 2 is 1.72 bits per heavy atom. The van der Waals surface area contributed by atoms with Gasteiger partial charge in [-0.3, -0.25) is 9.59 Å². The maximum Gasteiger partial charge on any atom is 0.416 e. The van der Waals surface area contributed by atoms with E-state index < -0.39 is 35.4 Å². The smallest absolute Gasteiger partial charge is 0.337 e. The molecule has 0 fully saturated rings. The van der Waals surface area contributed by atoms with Crippen LogP contribution in [0.1, 0.15) is 71.1 Å². The van der Waals surface area contributed by atoms with Gasteiger partial charge in [0.05, 0.1) is 16.1 Å². The topological polar surface area (TPSA) is 51.1 Å². The van der Waals surface area contributed by atoms with E-state index in [9.17, 15) is 35.9 Å². The molecule has 1 atom stereocenters. The first-order chi connectivity index (χ1) is 16.8. The highest BCUT2D eigenvalue weighted by Crippen LogP contribution is 2.37. The molecule has 36 heavy (non-hydrogen) atoms. The average Bonchev–Trinajstić information content (AvgIpc) is 3.16. The minimum Gasteiger partial charge on any atom is -0.337 e. The molecule has 0 aliphatic heterocycles. The van der Waals surface area contributed by atoms with Gasteiger partial charge in [0.2, 0.25) is 0 Å². The Balaban J connectivity index is 2.02. The van der Waals surface area contributed by atoms with Gasteiger partial charge in [0.15, 0.2) is 11.8 Å². The number of carbonyl (C=O) groups is 2. The van der Waals surface area contributed by atoms with Gasteiger partial charge in [0.1, 0.15) is 5.69 Å². The molecule has 0 aliphatic rings. The Labute approximate surface area is 208 Å². The number of rotatable bonds is 8. The van der Waals surface area contributed by atoms with Crippen LogP contribution in [0.25, 0.3) is 10.9 Å². The predicted octanol–water partition coefficient (Wildman–Crippen LogP) is 7.74. The number of Topliss-reactive ketones (excluding diaryl/α,β-unsaturated/α-hetero) is 1. The second-order valence-corrected chi connectivity index (χ2v) is 8.67. The van der Waals surface area contributed by atoms with E-state index in [0.717, 1.165) is 18.6 Å². The molecule has 0 radical (unpaired) electrons. The lowest BCUT2D eigenvalue weighted by atomic mass is 10.0. The lowest BCUT2D eigenvalue weighted by Crippen LogP contribution is -2.39. The maximum absolute atomic E-state index is 13.8. The number of benzene rings is 2. The Morgan fingerprint density at radius 1 is 1.03 bits per heavy atom. The lowest BCUT2D eigenvalue weighted by molar-refractivity contribution is -0.156. The minimum absolute atomic E-state index is 0.150. The summed E-state index contributed by atoms with van der Waals surface area (Å²) in [5, 5.41) is 2.41. The zero-order valence-electron chi connectivity index (χ0n) is 19.4. The third kappa shape index (κ3) is 5.86. The number of alkyl halides is 6. The van der Waals surface area contributed by atoms with Crippen LogP contribution in [0.5, 0.6) is 0 Å². The van der Waals surface area contributed by atoms with Crippen molar-refractivity contribution in [3.63, 3.8) is 0 Å². The molecule has 0 saturated heterocycles. The molecule has 4 nitrogen and oxygen atoms in total. The van der Waals surface area contributed by atoms with Crippen LogP contribution in [0.3, 0.4) is 0 Å². The number of fused-ring (bicyclic) bond motifs is 1. The maximum atomic E-state index is 13.8. The largest absolute Gasteiger partial charge is 0.416 e. The van der Waals surface area contributed by atoms with Crippen LogP contribution in [0, 0.1) is 0 Å². The van der Waals surface area contributed by atoms with E-state index in [-0.39, 0.29) is 35.0 Å². The first kappa shape index (κ1) is 27.6. The second kappa shape index (κ2) is 10.5. The Hall–Kier alpha value is -3.01. The molecule has 0 aliphatic carbocycles. The summed E-state index contributed by atoms with van der Waals surface area (Å²) < 4.78 is 82.1. The monoisotopic (exact) mass is 532 g/mol. The molecule has 11 heteroatoms. The van der Waals surface area contributed by atoms with Crippen molar-refractivity contribution in [2.75, 3.05) is 0 Å². The van der Waals surface area contributed by atoms with Gasteiger partial charge in [-0.05, 0) is 49.2 Å². The second-order valence-electron chi connectivity index (χ2n) is 8.26. The molecule has 194 valence electrons. The van der Waals surface area contributed by atoms with Gasteiger partial charge in [0, 0.05) is 23.9 Å². The third-order valence-electron chi connectivity index (χ3n) is 5.75. The van der Waals surface area contributed by atoms with Crippen molar-refractivity contribution in [2.24, 2.45) is 0 Å². The van der Waals surface area contributed by atoms with Gasteiger partial charge in [-0.15, -0.1) is 0 Å². The molecular weight excluding hydrogens is 510 g/mol. The Morgan fingerprint density at radius 3 is 2.31 bits per heavy atom. The van der Waals surface area contributed by atoms with Gasteiger partial charge in [-0.1, -0.05) is 37.1 Å². The van der Waals surface area contributed by atoms with Gasteiger partial charge >= 0.3 is 12.4 Å².